The lowest BCUT2D eigenvalue weighted by Crippen LogP contribution is -2.45. The first-order valence-corrected chi connectivity index (χ1v) is 7.14. The summed E-state index contributed by atoms with van der Waals surface area (Å²) >= 11 is 9.24. The zero-order valence-electron chi connectivity index (χ0n) is 10.2. The number of benzene rings is 1. The molecule has 1 nitrogen and oxygen atoms in total. The number of hydrogen-bond donors (Lipinski definition) is 1. The minimum Gasteiger partial charge on any atom is -0.306 e. The van der Waals surface area contributed by atoms with Gasteiger partial charge in [0.25, 0.3) is 0 Å². The highest BCUT2D eigenvalue weighted by molar-refractivity contribution is 9.10. The van der Waals surface area contributed by atoms with Crippen LogP contribution in [0.5, 0.6) is 0 Å². The number of halogens is 3. The molecule has 0 aromatic heterocycles. The van der Waals surface area contributed by atoms with Crippen molar-refractivity contribution in [3.05, 3.63) is 34.1 Å². The van der Waals surface area contributed by atoms with Crippen LogP contribution in [-0.2, 0) is 6.54 Å². The van der Waals surface area contributed by atoms with Crippen LogP contribution in [-0.4, -0.2) is 11.4 Å². The highest BCUT2D eigenvalue weighted by Gasteiger charge is 2.24. The first-order valence-electron chi connectivity index (χ1n) is 5.82. The maximum Gasteiger partial charge on any atom is 0.128 e. The summed E-state index contributed by atoms with van der Waals surface area (Å²) in [6.07, 6.45) is 1.87. The average Bonchev–Trinajstić information content (AvgIpc) is 2.33. The molecule has 0 saturated heterocycles. The molecule has 4 heteroatoms. The highest BCUT2D eigenvalue weighted by Crippen LogP contribution is 2.20. The molecule has 0 spiro atoms. The third-order valence-electron chi connectivity index (χ3n) is 3.28. The molecule has 0 heterocycles. The van der Waals surface area contributed by atoms with Crippen LogP contribution < -0.4 is 5.32 Å². The summed E-state index contributed by atoms with van der Waals surface area (Å²) in [5.74, 6) is 0.348. The summed E-state index contributed by atoms with van der Waals surface area (Å²) in [5.41, 5.74) is 0.575. The summed E-state index contributed by atoms with van der Waals surface area (Å²) in [7, 11) is 0. The minimum absolute atomic E-state index is 0.0962. The van der Waals surface area contributed by atoms with Crippen molar-refractivity contribution in [3.8, 4) is 0 Å². The van der Waals surface area contributed by atoms with Crippen molar-refractivity contribution < 1.29 is 4.39 Å². The van der Waals surface area contributed by atoms with Crippen LogP contribution in [0.2, 0.25) is 0 Å². The Labute approximate surface area is 116 Å². The molecule has 0 amide bonds. The van der Waals surface area contributed by atoms with Crippen molar-refractivity contribution in [1.82, 2.24) is 5.32 Å². The fraction of sp³-hybridized carbons (Fsp3) is 0.538. The number of alkyl halides is 1. The van der Waals surface area contributed by atoms with E-state index in [-0.39, 0.29) is 11.4 Å². The van der Waals surface area contributed by atoms with Gasteiger partial charge in [-0.15, -0.1) is 11.6 Å². The molecule has 0 fully saturated rings. The van der Waals surface area contributed by atoms with Crippen molar-refractivity contribution in [2.45, 2.75) is 38.8 Å². The first-order chi connectivity index (χ1) is 8.06. The van der Waals surface area contributed by atoms with E-state index in [1.54, 1.807) is 6.07 Å². The predicted molar refractivity (Wildman–Crippen MR) is 75.0 cm³/mol. The Bertz CT molecular complexity index is 358. The molecule has 96 valence electrons. The van der Waals surface area contributed by atoms with Gasteiger partial charge in [-0.25, -0.2) is 4.39 Å². The van der Waals surface area contributed by atoms with E-state index in [1.165, 1.54) is 6.07 Å². The lowest BCUT2D eigenvalue weighted by atomic mass is 9.95. The third-order valence-corrected chi connectivity index (χ3v) is 4.28. The van der Waals surface area contributed by atoms with Gasteiger partial charge < -0.3 is 5.32 Å². The Morgan fingerprint density at radius 1 is 1.35 bits per heavy atom. The van der Waals surface area contributed by atoms with Crippen molar-refractivity contribution in [3.63, 3.8) is 0 Å². The zero-order valence-corrected chi connectivity index (χ0v) is 12.5. The molecule has 17 heavy (non-hydrogen) atoms. The molecule has 0 aliphatic heterocycles. The molecule has 0 atom stereocenters. The van der Waals surface area contributed by atoms with E-state index in [1.807, 2.05) is 6.07 Å². The van der Waals surface area contributed by atoms with Gasteiger partial charge in [-0.1, -0.05) is 35.8 Å². The molecule has 0 radical (unpaired) electrons. The summed E-state index contributed by atoms with van der Waals surface area (Å²) in [6, 6.07) is 5.12. The Morgan fingerprint density at radius 3 is 2.47 bits per heavy atom. The minimum atomic E-state index is -0.192. The van der Waals surface area contributed by atoms with Crippen LogP contribution in [0.15, 0.2) is 22.7 Å². The van der Waals surface area contributed by atoms with Gasteiger partial charge in [0, 0.05) is 28.0 Å². The molecule has 0 aliphatic carbocycles. The van der Waals surface area contributed by atoms with Gasteiger partial charge in [0.2, 0.25) is 0 Å². The van der Waals surface area contributed by atoms with E-state index >= 15 is 0 Å². The van der Waals surface area contributed by atoms with Crippen molar-refractivity contribution in [2.75, 3.05) is 5.88 Å². The third kappa shape index (κ3) is 3.94. The van der Waals surface area contributed by atoms with E-state index in [9.17, 15) is 4.39 Å². The lowest BCUT2D eigenvalue weighted by Gasteiger charge is -2.31. The Morgan fingerprint density at radius 2 is 2.00 bits per heavy atom. The molecule has 1 aromatic rings. The molecular weight excluding hydrogens is 305 g/mol. The maximum absolute atomic E-state index is 13.6. The van der Waals surface area contributed by atoms with Crippen LogP contribution >= 0.6 is 27.5 Å². The SMILES string of the molecule is CCC(CC)(CCl)NCc1ccc(Br)cc1F. The highest BCUT2D eigenvalue weighted by atomic mass is 79.9. The van der Waals surface area contributed by atoms with Gasteiger partial charge in [0.1, 0.15) is 5.82 Å². The van der Waals surface area contributed by atoms with Gasteiger partial charge in [0.05, 0.1) is 0 Å². The zero-order chi connectivity index (χ0) is 12.9. The van der Waals surface area contributed by atoms with Gasteiger partial charge in [0.15, 0.2) is 0 Å². The number of hydrogen-bond acceptors (Lipinski definition) is 1. The molecular formula is C13H18BrClFN. The predicted octanol–water partition coefficient (Wildman–Crippen LogP) is 4.48. The molecule has 1 N–H and O–H groups in total. The average molecular weight is 323 g/mol. The summed E-state index contributed by atoms with van der Waals surface area (Å²) in [6.45, 7) is 4.70. The van der Waals surface area contributed by atoms with Crippen molar-refractivity contribution >= 4 is 27.5 Å². The second-order valence-electron chi connectivity index (χ2n) is 4.21. The fourth-order valence-electron chi connectivity index (χ4n) is 1.68. The van der Waals surface area contributed by atoms with Crippen LogP contribution in [0.25, 0.3) is 0 Å². The monoisotopic (exact) mass is 321 g/mol. The number of rotatable bonds is 6. The standard InChI is InChI=1S/C13H18BrClFN/c1-3-13(4-2,9-15)17-8-10-5-6-11(14)7-12(10)16/h5-7,17H,3-4,8-9H2,1-2H3. The largest absolute Gasteiger partial charge is 0.306 e. The summed E-state index contributed by atoms with van der Waals surface area (Å²) in [4.78, 5) is 0. The molecule has 0 saturated carbocycles. The van der Waals surface area contributed by atoms with E-state index < -0.39 is 0 Å². The molecule has 0 unspecified atom stereocenters. The molecule has 0 aliphatic rings. The van der Waals surface area contributed by atoms with E-state index in [2.05, 4.69) is 35.1 Å². The quantitative estimate of drug-likeness (QED) is 0.762. The van der Waals surface area contributed by atoms with Gasteiger partial charge in [-0.2, -0.15) is 0 Å². The summed E-state index contributed by atoms with van der Waals surface area (Å²) in [5, 5.41) is 3.37. The second-order valence-corrected chi connectivity index (χ2v) is 5.39. The first kappa shape index (κ1) is 14.9. The van der Waals surface area contributed by atoms with Gasteiger partial charge >= 0.3 is 0 Å². The number of nitrogens with one attached hydrogen (secondary N) is 1. The molecule has 0 bridgehead atoms. The van der Waals surface area contributed by atoms with Crippen molar-refractivity contribution in [1.29, 1.82) is 0 Å². The Balaban J connectivity index is 2.72. The smallest absolute Gasteiger partial charge is 0.128 e. The van der Waals surface area contributed by atoms with Crippen LogP contribution in [0.1, 0.15) is 32.3 Å². The fourth-order valence-corrected chi connectivity index (χ4v) is 2.49. The van der Waals surface area contributed by atoms with Crippen LogP contribution in [0, 0.1) is 5.82 Å². The van der Waals surface area contributed by atoms with E-state index in [0.29, 0.717) is 18.0 Å². The van der Waals surface area contributed by atoms with Gasteiger partial charge in [-0.05, 0) is 25.0 Å². The lowest BCUT2D eigenvalue weighted by molar-refractivity contribution is 0.332. The molecule has 1 rings (SSSR count). The van der Waals surface area contributed by atoms with Crippen LogP contribution in [0.4, 0.5) is 4.39 Å². The van der Waals surface area contributed by atoms with E-state index in [0.717, 1.165) is 17.3 Å². The van der Waals surface area contributed by atoms with Crippen LogP contribution in [0.3, 0.4) is 0 Å². The summed E-state index contributed by atoms with van der Waals surface area (Å²) < 4.78 is 14.4. The second kappa shape index (κ2) is 6.72. The maximum atomic E-state index is 13.6. The molecule has 1 aromatic carbocycles. The topological polar surface area (TPSA) is 12.0 Å². The van der Waals surface area contributed by atoms with E-state index in [4.69, 9.17) is 11.6 Å². The van der Waals surface area contributed by atoms with Gasteiger partial charge in [-0.3, -0.25) is 0 Å². The normalized spacial score (nSPS) is 11.8. The Kier molecular flexibility index (Phi) is 5.90. The van der Waals surface area contributed by atoms with Crippen molar-refractivity contribution in [2.24, 2.45) is 0 Å². The Hall–Kier alpha value is -0.120.